The molecule has 1 unspecified atom stereocenters. The van der Waals surface area contributed by atoms with Gasteiger partial charge >= 0.3 is 0 Å². The summed E-state index contributed by atoms with van der Waals surface area (Å²) in [4.78, 5) is 27.1. The number of pyridine rings is 1. The van der Waals surface area contributed by atoms with E-state index in [0.717, 1.165) is 17.3 Å². The summed E-state index contributed by atoms with van der Waals surface area (Å²) < 4.78 is 19.0. The number of nitrogens with zero attached hydrogens (tertiary/aromatic N) is 1. The fourth-order valence-corrected chi connectivity index (χ4v) is 2.87. The molecule has 0 aliphatic carbocycles. The van der Waals surface area contributed by atoms with Gasteiger partial charge in [-0.2, -0.15) is 0 Å². The topological polar surface area (TPSA) is 80.3 Å². The Labute approximate surface area is 141 Å². The average molecular weight is 347 g/mol. The minimum Gasteiger partial charge on any atom is -0.436 e. The van der Waals surface area contributed by atoms with Crippen LogP contribution >= 0.6 is 11.8 Å². The molecule has 1 aromatic heterocycles. The van der Waals surface area contributed by atoms with Crippen LogP contribution in [0.4, 0.5) is 9.18 Å². The van der Waals surface area contributed by atoms with Crippen LogP contribution in [0.1, 0.15) is 5.56 Å². The van der Waals surface area contributed by atoms with Crippen molar-refractivity contribution in [1.29, 1.82) is 0 Å². The number of hydrogen-bond acceptors (Lipinski definition) is 5. The summed E-state index contributed by atoms with van der Waals surface area (Å²) >= 11 is 1.08. The number of amides is 2. The van der Waals surface area contributed by atoms with Crippen LogP contribution in [0.25, 0.3) is 0 Å². The van der Waals surface area contributed by atoms with Crippen molar-refractivity contribution in [2.24, 2.45) is 0 Å². The zero-order valence-corrected chi connectivity index (χ0v) is 13.3. The highest BCUT2D eigenvalue weighted by Gasteiger charge is 2.27. The second kappa shape index (κ2) is 7.31. The van der Waals surface area contributed by atoms with Gasteiger partial charge in [-0.05, 0) is 23.8 Å². The lowest BCUT2D eigenvalue weighted by Gasteiger charge is -2.11. The Morgan fingerprint density at radius 3 is 3.00 bits per heavy atom. The van der Waals surface area contributed by atoms with Gasteiger partial charge in [0.1, 0.15) is 6.04 Å². The normalized spacial score (nSPS) is 16.5. The SMILES string of the molecule is O=C1NC(C(=O)NCc2ccnc(Oc3ccccc3F)c2)CS1. The van der Waals surface area contributed by atoms with Crippen molar-refractivity contribution in [3.05, 3.63) is 54.0 Å². The van der Waals surface area contributed by atoms with Crippen LogP contribution in [0.5, 0.6) is 11.6 Å². The van der Waals surface area contributed by atoms with Crippen LogP contribution in [-0.4, -0.2) is 27.9 Å². The van der Waals surface area contributed by atoms with Crippen molar-refractivity contribution in [2.45, 2.75) is 12.6 Å². The molecule has 2 aromatic rings. The zero-order valence-electron chi connectivity index (χ0n) is 12.5. The van der Waals surface area contributed by atoms with Gasteiger partial charge in [0.25, 0.3) is 5.24 Å². The number of carbonyl (C=O) groups excluding carboxylic acids is 2. The third kappa shape index (κ3) is 4.02. The number of benzene rings is 1. The third-order valence-corrected chi connectivity index (χ3v) is 4.19. The smallest absolute Gasteiger partial charge is 0.279 e. The fourth-order valence-electron chi connectivity index (χ4n) is 2.09. The summed E-state index contributed by atoms with van der Waals surface area (Å²) in [7, 11) is 0. The number of aromatic nitrogens is 1. The molecule has 124 valence electrons. The third-order valence-electron chi connectivity index (χ3n) is 3.31. The van der Waals surface area contributed by atoms with Crippen molar-refractivity contribution in [2.75, 3.05) is 5.75 Å². The van der Waals surface area contributed by atoms with E-state index in [1.165, 1.54) is 18.3 Å². The molecule has 0 bridgehead atoms. The van der Waals surface area contributed by atoms with Crippen LogP contribution in [0.15, 0.2) is 42.6 Å². The lowest BCUT2D eigenvalue weighted by atomic mass is 10.2. The minimum absolute atomic E-state index is 0.0804. The standard InChI is InChI=1S/C16H14FN3O3S/c17-11-3-1-2-4-13(11)23-14-7-10(5-6-18-14)8-19-15(21)12-9-24-16(22)20-12/h1-7,12H,8-9H2,(H,19,21)(H,20,22). The number of carbonyl (C=O) groups is 2. The Bertz CT molecular complexity index is 772. The van der Waals surface area contributed by atoms with E-state index in [0.29, 0.717) is 5.75 Å². The molecule has 1 aliphatic heterocycles. The molecule has 8 heteroatoms. The Kier molecular flexibility index (Phi) is 4.95. The largest absolute Gasteiger partial charge is 0.436 e. The van der Waals surface area contributed by atoms with E-state index < -0.39 is 11.9 Å². The maximum absolute atomic E-state index is 13.6. The van der Waals surface area contributed by atoms with E-state index in [2.05, 4.69) is 15.6 Å². The first-order valence-electron chi connectivity index (χ1n) is 7.20. The summed E-state index contributed by atoms with van der Waals surface area (Å²) in [6, 6.07) is 8.86. The first-order chi connectivity index (χ1) is 11.6. The first-order valence-corrected chi connectivity index (χ1v) is 8.19. The lowest BCUT2D eigenvalue weighted by molar-refractivity contribution is -0.122. The van der Waals surface area contributed by atoms with Crippen LogP contribution in [0, 0.1) is 5.82 Å². The summed E-state index contributed by atoms with van der Waals surface area (Å²) in [5, 5.41) is 5.12. The lowest BCUT2D eigenvalue weighted by Crippen LogP contribution is -2.42. The van der Waals surface area contributed by atoms with Gasteiger partial charge in [0, 0.05) is 24.6 Å². The molecule has 0 spiro atoms. The second-order valence-corrected chi connectivity index (χ2v) is 6.04. The van der Waals surface area contributed by atoms with Gasteiger partial charge in [-0.1, -0.05) is 23.9 Å². The van der Waals surface area contributed by atoms with Crippen LogP contribution < -0.4 is 15.4 Å². The van der Waals surface area contributed by atoms with Gasteiger partial charge in [0.05, 0.1) is 0 Å². The van der Waals surface area contributed by atoms with Crippen molar-refractivity contribution >= 4 is 22.9 Å². The number of para-hydroxylation sites is 1. The van der Waals surface area contributed by atoms with Crippen molar-refractivity contribution < 1.29 is 18.7 Å². The molecule has 24 heavy (non-hydrogen) atoms. The van der Waals surface area contributed by atoms with E-state index >= 15 is 0 Å². The first kappa shape index (κ1) is 16.3. The van der Waals surface area contributed by atoms with E-state index in [-0.39, 0.29) is 29.3 Å². The number of halogens is 1. The Balaban J connectivity index is 1.60. The molecule has 0 radical (unpaired) electrons. The summed E-state index contributed by atoms with van der Waals surface area (Å²) in [5.41, 5.74) is 0.752. The summed E-state index contributed by atoms with van der Waals surface area (Å²) in [6.07, 6.45) is 1.52. The monoisotopic (exact) mass is 347 g/mol. The molecule has 2 amide bonds. The van der Waals surface area contributed by atoms with Gasteiger partial charge < -0.3 is 15.4 Å². The molecule has 3 rings (SSSR count). The molecule has 2 heterocycles. The number of ether oxygens (including phenoxy) is 1. The van der Waals surface area contributed by atoms with Gasteiger partial charge in [-0.25, -0.2) is 9.37 Å². The molecular weight excluding hydrogens is 333 g/mol. The number of nitrogens with one attached hydrogen (secondary N) is 2. The van der Waals surface area contributed by atoms with Crippen LogP contribution in [0.3, 0.4) is 0 Å². The highest BCUT2D eigenvalue weighted by molar-refractivity contribution is 8.14. The summed E-state index contributed by atoms with van der Waals surface area (Å²) in [6.45, 7) is 0.256. The van der Waals surface area contributed by atoms with Gasteiger partial charge in [0.15, 0.2) is 11.6 Å². The highest BCUT2D eigenvalue weighted by atomic mass is 32.2. The molecule has 1 aromatic carbocycles. The maximum atomic E-state index is 13.6. The molecule has 0 saturated carbocycles. The maximum Gasteiger partial charge on any atom is 0.279 e. The minimum atomic E-state index is -0.515. The van der Waals surface area contributed by atoms with Gasteiger partial charge in [-0.3, -0.25) is 9.59 Å². The van der Waals surface area contributed by atoms with E-state index in [1.807, 2.05) is 0 Å². The number of thioether (sulfide) groups is 1. The zero-order chi connectivity index (χ0) is 16.9. The van der Waals surface area contributed by atoms with Crippen LogP contribution in [-0.2, 0) is 11.3 Å². The van der Waals surface area contributed by atoms with Crippen LogP contribution in [0.2, 0.25) is 0 Å². The molecule has 1 atom stereocenters. The van der Waals surface area contributed by atoms with Gasteiger partial charge in [0.2, 0.25) is 11.8 Å². The van der Waals surface area contributed by atoms with E-state index in [1.54, 1.807) is 24.3 Å². The average Bonchev–Trinajstić information content (AvgIpc) is 3.02. The molecule has 1 fully saturated rings. The Hall–Kier alpha value is -2.61. The van der Waals surface area contributed by atoms with Crippen molar-refractivity contribution in [3.63, 3.8) is 0 Å². The van der Waals surface area contributed by atoms with E-state index in [9.17, 15) is 14.0 Å². The Morgan fingerprint density at radius 1 is 1.42 bits per heavy atom. The molecule has 2 N–H and O–H groups in total. The van der Waals surface area contributed by atoms with Crippen molar-refractivity contribution in [3.8, 4) is 11.6 Å². The fraction of sp³-hybridized carbons (Fsp3) is 0.188. The number of hydrogen-bond donors (Lipinski definition) is 2. The second-order valence-electron chi connectivity index (χ2n) is 5.05. The van der Waals surface area contributed by atoms with E-state index in [4.69, 9.17) is 4.74 Å². The quantitative estimate of drug-likeness (QED) is 0.868. The molecule has 6 nitrogen and oxygen atoms in total. The number of rotatable bonds is 5. The predicted octanol–water partition coefficient (Wildman–Crippen LogP) is 2.45. The van der Waals surface area contributed by atoms with Crippen molar-refractivity contribution in [1.82, 2.24) is 15.6 Å². The highest BCUT2D eigenvalue weighted by Crippen LogP contribution is 2.22. The molecule has 1 saturated heterocycles. The predicted molar refractivity (Wildman–Crippen MR) is 87.3 cm³/mol. The van der Waals surface area contributed by atoms with Gasteiger partial charge in [-0.15, -0.1) is 0 Å². The molecule has 1 aliphatic rings. The molecular formula is C16H14FN3O3S. The Morgan fingerprint density at radius 2 is 2.25 bits per heavy atom. The summed E-state index contributed by atoms with van der Waals surface area (Å²) in [5.74, 6) is 0.00511.